The highest BCUT2D eigenvalue weighted by Gasteiger charge is 2.17. The van der Waals surface area contributed by atoms with Crippen molar-refractivity contribution < 1.29 is 13.9 Å². The first-order valence-corrected chi connectivity index (χ1v) is 8.90. The Kier molecular flexibility index (Phi) is 6.30. The lowest BCUT2D eigenvalue weighted by molar-refractivity contribution is -0.115. The fourth-order valence-corrected chi connectivity index (χ4v) is 3.03. The predicted octanol–water partition coefficient (Wildman–Crippen LogP) is 1.99. The summed E-state index contributed by atoms with van der Waals surface area (Å²) in [4.78, 5) is 12.0. The molecule has 2 N–H and O–H groups in total. The van der Waals surface area contributed by atoms with Gasteiger partial charge in [-0.2, -0.15) is 0 Å². The van der Waals surface area contributed by atoms with Crippen LogP contribution in [0.15, 0.2) is 18.2 Å². The van der Waals surface area contributed by atoms with Gasteiger partial charge in [0.2, 0.25) is 5.91 Å². The summed E-state index contributed by atoms with van der Waals surface area (Å²) in [6, 6.07) is 4.64. The molecule has 1 aliphatic rings. The van der Waals surface area contributed by atoms with Gasteiger partial charge in [0.15, 0.2) is 5.82 Å². The molecule has 0 spiro atoms. The zero-order chi connectivity index (χ0) is 18.4. The fourth-order valence-electron chi connectivity index (χ4n) is 3.03. The van der Waals surface area contributed by atoms with Crippen LogP contribution in [0, 0.1) is 5.82 Å². The van der Waals surface area contributed by atoms with Gasteiger partial charge in [-0.1, -0.05) is 6.42 Å². The monoisotopic (exact) mass is 361 g/mol. The maximum atomic E-state index is 14.1. The highest BCUT2D eigenvalue weighted by atomic mass is 19.1. The summed E-state index contributed by atoms with van der Waals surface area (Å²) in [7, 11) is 1.59. The Morgan fingerprint density at radius 1 is 1.31 bits per heavy atom. The number of hydrogen-bond donors (Lipinski definition) is 2. The molecule has 0 bridgehead atoms. The van der Waals surface area contributed by atoms with Crippen LogP contribution in [-0.4, -0.2) is 47.5 Å². The molecule has 0 saturated heterocycles. The second-order valence-electron chi connectivity index (χ2n) is 6.31. The summed E-state index contributed by atoms with van der Waals surface area (Å²) >= 11 is 0. The Labute approximate surface area is 151 Å². The summed E-state index contributed by atoms with van der Waals surface area (Å²) in [5.74, 6) is 0.900. The first-order chi connectivity index (χ1) is 12.7. The third-order valence-electron chi connectivity index (χ3n) is 4.38. The van der Waals surface area contributed by atoms with Crippen LogP contribution in [0.2, 0.25) is 0 Å². The molecule has 0 radical (unpaired) electrons. The number of halogens is 1. The second kappa shape index (κ2) is 8.86. The molecule has 8 heteroatoms. The van der Waals surface area contributed by atoms with E-state index in [1.165, 1.54) is 12.5 Å². The predicted molar refractivity (Wildman–Crippen MR) is 96.3 cm³/mol. The summed E-state index contributed by atoms with van der Waals surface area (Å²) in [6.45, 7) is 2.01. The number of aromatic nitrogens is 3. The van der Waals surface area contributed by atoms with Crippen molar-refractivity contribution in [1.29, 1.82) is 0 Å². The number of ether oxygens (including phenoxy) is 1. The van der Waals surface area contributed by atoms with Crippen molar-refractivity contribution in [1.82, 2.24) is 20.1 Å². The van der Waals surface area contributed by atoms with Gasteiger partial charge in [0.25, 0.3) is 0 Å². The number of hydrogen-bond acceptors (Lipinski definition) is 5. The van der Waals surface area contributed by atoms with Gasteiger partial charge in [0, 0.05) is 32.2 Å². The van der Waals surface area contributed by atoms with E-state index in [9.17, 15) is 9.18 Å². The van der Waals surface area contributed by atoms with Crippen molar-refractivity contribution in [2.75, 3.05) is 32.1 Å². The lowest BCUT2D eigenvalue weighted by Crippen LogP contribution is -2.30. The molecule has 1 amide bonds. The van der Waals surface area contributed by atoms with Crippen molar-refractivity contribution in [3.63, 3.8) is 0 Å². The molecule has 140 valence electrons. The number of carbonyl (C=O) groups excluding carboxylic acids is 1. The first-order valence-electron chi connectivity index (χ1n) is 8.90. The first kappa shape index (κ1) is 18.5. The minimum Gasteiger partial charge on any atom is -0.383 e. The summed E-state index contributed by atoms with van der Waals surface area (Å²) < 4.78 is 21.1. The number of nitrogens with zero attached hydrogens (tertiary/aromatic N) is 3. The maximum absolute atomic E-state index is 14.1. The number of fused-ring (bicyclic) bond motifs is 1. The van der Waals surface area contributed by atoms with Crippen LogP contribution in [0.4, 0.5) is 10.1 Å². The third kappa shape index (κ3) is 4.44. The Balaban J connectivity index is 1.74. The fraction of sp³-hybridized carbons (Fsp3) is 0.500. The highest BCUT2D eigenvalue weighted by Crippen LogP contribution is 2.26. The quantitative estimate of drug-likeness (QED) is 0.737. The van der Waals surface area contributed by atoms with E-state index in [-0.39, 0.29) is 18.1 Å². The Hall–Kier alpha value is -2.32. The smallest absolute Gasteiger partial charge is 0.238 e. The van der Waals surface area contributed by atoms with Crippen LogP contribution in [0.5, 0.6) is 0 Å². The standard InChI is InChI=1S/C18H24FN5O2/c1-26-10-8-20-12-17(25)21-15-11-13(6-7-14(15)19)18-23-22-16-5-3-2-4-9-24(16)18/h6-7,11,20H,2-5,8-10,12H2,1H3,(H,21,25). The van der Waals surface area contributed by atoms with Crippen molar-refractivity contribution >= 4 is 11.6 Å². The number of rotatable bonds is 7. The molecule has 1 aliphatic heterocycles. The molecule has 0 aliphatic carbocycles. The van der Waals surface area contributed by atoms with E-state index in [1.807, 2.05) is 0 Å². The molecule has 0 fully saturated rings. The van der Waals surface area contributed by atoms with E-state index in [0.717, 1.165) is 43.0 Å². The van der Waals surface area contributed by atoms with Gasteiger partial charge in [0.1, 0.15) is 11.6 Å². The zero-order valence-corrected chi connectivity index (χ0v) is 14.9. The topological polar surface area (TPSA) is 81.1 Å². The lowest BCUT2D eigenvalue weighted by atomic mass is 10.1. The number of aryl methyl sites for hydroxylation is 1. The molecule has 7 nitrogen and oxygen atoms in total. The van der Waals surface area contributed by atoms with Gasteiger partial charge in [-0.25, -0.2) is 4.39 Å². The van der Waals surface area contributed by atoms with Crippen molar-refractivity contribution in [2.45, 2.75) is 32.2 Å². The van der Waals surface area contributed by atoms with E-state index < -0.39 is 5.82 Å². The van der Waals surface area contributed by atoms with Crippen LogP contribution in [0.25, 0.3) is 11.4 Å². The molecule has 2 aromatic rings. The molecule has 0 atom stereocenters. The van der Waals surface area contributed by atoms with Gasteiger partial charge < -0.3 is 19.9 Å². The molecule has 0 unspecified atom stereocenters. The van der Waals surface area contributed by atoms with Crippen molar-refractivity contribution in [3.8, 4) is 11.4 Å². The van der Waals surface area contributed by atoms with E-state index in [0.29, 0.717) is 13.2 Å². The Bertz CT molecular complexity index is 762. The molecule has 3 rings (SSSR count). The molecule has 2 heterocycles. The average Bonchev–Trinajstić information content (AvgIpc) is 2.89. The van der Waals surface area contributed by atoms with E-state index >= 15 is 0 Å². The van der Waals surface area contributed by atoms with E-state index in [1.54, 1.807) is 19.2 Å². The van der Waals surface area contributed by atoms with Crippen LogP contribution < -0.4 is 10.6 Å². The normalized spacial score (nSPS) is 13.9. The third-order valence-corrected chi connectivity index (χ3v) is 4.38. The number of carbonyl (C=O) groups is 1. The van der Waals surface area contributed by atoms with Gasteiger partial charge in [-0.05, 0) is 31.0 Å². The summed E-state index contributed by atoms with van der Waals surface area (Å²) in [6.07, 6.45) is 4.27. The van der Waals surface area contributed by atoms with Gasteiger partial charge >= 0.3 is 0 Å². The molecule has 1 aromatic carbocycles. The minimum absolute atomic E-state index is 0.0906. The number of nitrogens with one attached hydrogen (secondary N) is 2. The van der Waals surface area contributed by atoms with Crippen molar-refractivity contribution in [2.24, 2.45) is 0 Å². The second-order valence-corrected chi connectivity index (χ2v) is 6.31. The number of anilines is 1. The Morgan fingerprint density at radius 2 is 2.19 bits per heavy atom. The van der Waals surface area contributed by atoms with Crippen LogP contribution in [0.1, 0.15) is 25.1 Å². The molecular weight excluding hydrogens is 337 g/mol. The molecule has 0 saturated carbocycles. The van der Waals surface area contributed by atoms with E-state index in [2.05, 4.69) is 25.4 Å². The van der Waals surface area contributed by atoms with Crippen LogP contribution in [0.3, 0.4) is 0 Å². The summed E-state index contributed by atoms with van der Waals surface area (Å²) in [5.41, 5.74) is 0.890. The lowest BCUT2D eigenvalue weighted by Gasteiger charge is -2.11. The van der Waals surface area contributed by atoms with Gasteiger partial charge in [-0.3, -0.25) is 4.79 Å². The Morgan fingerprint density at radius 3 is 3.04 bits per heavy atom. The van der Waals surface area contributed by atoms with E-state index in [4.69, 9.17) is 4.74 Å². The van der Waals surface area contributed by atoms with Crippen LogP contribution in [-0.2, 0) is 22.5 Å². The average molecular weight is 361 g/mol. The molecular formula is C18H24FN5O2. The van der Waals surface area contributed by atoms with Crippen molar-refractivity contribution in [3.05, 3.63) is 29.8 Å². The SMILES string of the molecule is COCCNCC(=O)Nc1cc(-c2nnc3n2CCCCC3)ccc1F. The molecule has 1 aromatic heterocycles. The van der Waals surface area contributed by atoms with Gasteiger partial charge in [0.05, 0.1) is 18.8 Å². The number of methoxy groups -OCH3 is 1. The highest BCUT2D eigenvalue weighted by molar-refractivity contribution is 5.93. The maximum Gasteiger partial charge on any atom is 0.238 e. The summed E-state index contributed by atoms with van der Waals surface area (Å²) in [5, 5.41) is 14.1. The number of amides is 1. The minimum atomic E-state index is -0.477. The molecule has 26 heavy (non-hydrogen) atoms. The van der Waals surface area contributed by atoms with Gasteiger partial charge in [-0.15, -0.1) is 10.2 Å². The van der Waals surface area contributed by atoms with Crippen LogP contribution >= 0.6 is 0 Å². The largest absolute Gasteiger partial charge is 0.383 e. The zero-order valence-electron chi connectivity index (χ0n) is 14.9. The number of benzene rings is 1.